The molecule has 0 atom stereocenters. The highest BCUT2D eigenvalue weighted by molar-refractivity contribution is 6.35. The molecule has 0 spiro atoms. The predicted molar refractivity (Wildman–Crippen MR) is 97.4 cm³/mol. The highest BCUT2D eigenvalue weighted by Gasteiger charge is 2.27. The van der Waals surface area contributed by atoms with E-state index < -0.39 is 0 Å². The molecule has 3 aromatic rings. The molecular weight excluding hydrogens is 378 g/mol. The maximum atomic E-state index is 13.3. The number of carbonyl (C=O) groups is 1. The highest BCUT2D eigenvalue weighted by Crippen LogP contribution is 2.29. The monoisotopic (exact) mass is 390 g/mol. The fourth-order valence-electron chi connectivity index (χ4n) is 3.02. The van der Waals surface area contributed by atoms with Crippen molar-refractivity contribution in [3.63, 3.8) is 0 Å². The van der Waals surface area contributed by atoms with Crippen molar-refractivity contribution in [1.29, 1.82) is 0 Å². The fraction of sp³-hybridized carbons (Fsp3) is 0.167. The van der Waals surface area contributed by atoms with Crippen LogP contribution in [0.25, 0.3) is 0 Å². The molecule has 0 N–H and O–H groups in total. The standard InChI is InChI=1S/C18H13Cl2FN4O/c19-13-2-1-12(15(20)8-13)9-24-10-16(22-23-24)18(26)25-6-5-11-7-14(21)3-4-17(11)25/h1-4,7-8,10H,5-6,9H2. The van der Waals surface area contributed by atoms with Crippen LogP contribution in [0.1, 0.15) is 21.6 Å². The number of aromatic nitrogens is 3. The Bertz CT molecular complexity index is 1000. The molecule has 1 aromatic heterocycles. The number of halogens is 3. The molecule has 132 valence electrons. The van der Waals surface area contributed by atoms with Crippen LogP contribution < -0.4 is 4.90 Å². The van der Waals surface area contributed by atoms with Crippen molar-refractivity contribution in [1.82, 2.24) is 15.0 Å². The van der Waals surface area contributed by atoms with Crippen LogP contribution in [0.5, 0.6) is 0 Å². The quantitative estimate of drug-likeness (QED) is 0.679. The van der Waals surface area contributed by atoms with Crippen molar-refractivity contribution < 1.29 is 9.18 Å². The van der Waals surface area contributed by atoms with Crippen LogP contribution in [0.3, 0.4) is 0 Å². The van der Waals surface area contributed by atoms with E-state index in [9.17, 15) is 9.18 Å². The third kappa shape index (κ3) is 3.18. The topological polar surface area (TPSA) is 51.0 Å². The summed E-state index contributed by atoms with van der Waals surface area (Å²) in [5, 5.41) is 9.06. The molecule has 1 aliphatic rings. The fourth-order valence-corrected chi connectivity index (χ4v) is 3.49. The van der Waals surface area contributed by atoms with E-state index in [0.29, 0.717) is 35.2 Å². The zero-order valence-electron chi connectivity index (χ0n) is 13.5. The van der Waals surface area contributed by atoms with Gasteiger partial charge in [-0.15, -0.1) is 5.10 Å². The summed E-state index contributed by atoms with van der Waals surface area (Å²) in [6.45, 7) is 0.867. The third-order valence-electron chi connectivity index (χ3n) is 4.29. The summed E-state index contributed by atoms with van der Waals surface area (Å²) in [5.74, 6) is -0.562. The molecule has 0 saturated heterocycles. The molecule has 1 amide bonds. The molecule has 2 heterocycles. The van der Waals surface area contributed by atoms with E-state index in [-0.39, 0.29) is 17.4 Å². The van der Waals surface area contributed by atoms with Gasteiger partial charge in [0, 0.05) is 22.3 Å². The lowest BCUT2D eigenvalue weighted by atomic mass is 10.1. The Morgan fingerprint density at radius 2 is 2.04 bits per heavy atom. The predicted octanol–water partition coefficient (Wildman–Crippen LogP) is 3.98. The minimum absolute atomic E-state index is 0.229. The Morgan fingerprint density at radius 3 is 2.85 bits per heavy atom. The summed E-state index contributed by atoms with van der Waals surface area (Å²) in [6, 6.07) is 9.63. The minimum Gasteiger partial charge on any atom is -0.306 e. The molecule has 2 aromatic carbocycles. The summed E-state index contributed by atoms with van der Waals surface area (Å²) in [6.07, 6.45) is 2.20. The number of anilines is 1. The van der Waals surface area contributed by atoms with Gasteiger partial charge in [-0.2, -0.15) is 0 Å². The van der Waals surface area contributed by atoms with E-state index in [1.54, 1.807) is 40.0 Å². The first kappa shape index (κ1) is 17.0. The Balaban J connectivity index is 1.54. The Morgan fingerprint density at radius 1 is 1.19 bits per heavy atom. The number of hydrogen-bond acceptors (Lipinski definition) is 3. The molecule has 1 aliphatic heterocycles. The molecule has 4 rings (SSSR count). The van der Waals surface area contributed by atoms with Crippen LogP contribution in [-0.2, 0) is 13.0 Å². The van der Waals surface area contributed by atoms with E-state index in [1.807, 2.05) is 0 Å². The summed E-state index contributed by atoms with van der Waals surface area (Å²) >= 11 is 12.1. The molecule has 0 aliphatic carbocycles. The molecule has 0 unspecified atom stereocenters. The molecule has 5 nitrogen and oxygen atoms in total. The number of carbonyl (C=O) groups excluding carboxylic acids is 1. The van der Waals surface area contributed by atoms with Gasteiger partial charge in [-0.3, -0.25) is 4.79 Å². The van der Waals surface area contributed by atoms with Crippen molar-refractivity contribution >= 4 is 34.8 Å². The maximum Gasteiger partial charge on any atom is 0.280 e. The second-order valence-electron chi connectivity index (χ2n) is 6.02. The van der Waals surface area contributed by atoms with Gasteiger partial charge >= 0.3 is 0 Å². The first-order chi connectivity index (χ1) is 12.5. The summed E-state index contributed by atoms with van der Waals surface area (Å²) in [5.41, 5.74) is 2.58. The lowest BCUT2D eigenvalue weighted by Gasteiger charge is -2.15. The Kier molecular flexibility index (Phi) is 4.38. The number of amides is 1. The minimum atomic E-state index is -0.302. The summed E-state index contributed by atoms with van der Waals surface area (Å²) < 4.78 is 14.9. The average molecular weight is 391 g/mol. The van der Waals surface area contributed by atoms with Crippen molar-refractivity contribution in [2.24, 2.45) is 0 Å². The molecule has 0 saturated carbocycles. The first-order valence-electron chi connectivity index (χ1n) is 7.95. The van der Waals surface area contributed by atoms with Gasteiger partial charge in [-0.05, 0) is 47.9 Å². The van der Waals surface area contributed by atoms with Crippen molar-refractivity contribution in [3.05, 3.63) is 75.3 Å². The normalized spacial score (nSPS) is 13.1. The molecular formula is C18H13Cl2FN4O. The number of benzene rings is 2. The number of fused-ring (bicyclic) bond motifs is 1. The lowest BCUT2D eigenvalue weighted by Crippen LogP contribution is -2.29. The second kappa shape index (κ2) is 6.70. The number of rotatable bonds is 3. The van der Waals surface area contributed by atoms with Gasteiger partial charge in [-0.1, -0.05) is 34.5 Å². The Labute approximate surface area is 158 Å². The third-order valence-corrected chi connectivity index (χ3v) is 4.87. The zero-order chi connectivity index (χ0) is 18.3. The van der Waals surface area contributed by atoms with Gasteiger partial charge in [0.05, 0.1) is 12.7 Å². The van der Waals surface area contributed by atoms with E-state index in [4.69, 9.17) is 23.2 Å². The van der Waals surface area contributed by atoms with Crippen molar-refractivity contribution in [2.75, 3.05) is 11.4 Å². The van der Waals surface area contributed by atoms with Gasteiger partial charge in [0.2, 0.25) is 0 Å². The van der Waals surface area contributed by atoms with E-state index in [0.717, 1.165) is 11.1 Å². The summed E-state index contributed by atoms with van der Waals surface area (Å²) in [7, 11) is 0. The zero-order valence-corrected chi connectivity index (χ0v) is 15.0. The van der Waals surface area contributed by atoms with Crippen LogP contribution in [0.4, 0.5) is 10.1 Å². The van der Waals surface area contributed by atoms with E-state index in [1.165, 1.54) is 12.1 Å². The van der Waals surface area contributed by atoms with Crippen LogP contribution in [-0.4, -0.2) is 27.4 Å². The molecule has 8 heteroatoms. The van der Waals surface area contributed by atoms with Crippen LogP contribution in [0.2, 0.25) is 10.0 Å². The van der Waals surface area contributed by atoms with Crippen molar-refractivity contribution in [2.45, 2.75) is 13.0 Å². The van der Waals surface area contributed by atoms with Gasteiger partial charge in [0.1, 0.15) is 5.82 Å². The summed E-state index contributed by atoms with van der Waals surface area (Å²) in [4.78, 5) is 14.3. The smallest absolute Gasteiger partial charge is 0.280 e. The number of nitrogens with zero attached hydrogens (tertiary/aromatic N) is 4. The van der Waals surface area contributed by atoms with Crippen LogP contribution >= 0.6 is 23.2 Å². The van der Waals surface area contributed by atoms with Gasteiger partial charge in [0.25, 0.3) is 5.91 Å². The molecule has 0 fully saturated rings. The molecule has 0 radical (unpaired) electrons. The largest absolute Gasteiger partial charge is 0.306 e. The Hall–Kier alpha value is -2.44. The molecule has 26 heavy (non-hydrogen) atoms. The highest BCUT2D eigenvalue weighted by atomic mass is 35.5. The lowest BCUT2D eigenvalue weighted by molar-refractivity contribution is 0.0984. The van der Waals surface area contributed by atoms with Crippen molar-refractivity contribution in [3.8, 4) is 0 Å². The van der Waals surface area contributed by atoms with E-state index in [2.05, 4.69) is 10.3 Å². The first-order valence-corrected chi connectivity index (χ1v) is 8.71. The van der Waals surface area contributed by atoms with Crippen LogP contribution in [0.15, 0.2) is 42.6 Å². The van der Waals surface area contributed by atoms with E-state index >= 15 is 0 Å². The molecule has 0 bridgehead atoms. The average Bonchev–Trinajstić information content (AvgIpc) is 3.23. The van der Waals surface area contributed by atoms with Gasteiger partial charge < -0.3 is 4.90 Å². The SMILES string of the molecule is O=C(c1cn(Cc2ccc(Cl)cc2Cl)nn1)N1CCc2cc(F)ccc21. The van der Waals surface area contributed by atoms with Crippen LogP contribution in [0, 0.1) is 5.82 Å². The van der Waals surface area contributed by atoms with Gasteiger partial charge in [-0.25, -0.2) is 9.07 Å². The maximum absolute atomic E-state index is 13.3. The van der Waals surface area contributed by atoms with Gasteiger partial charge in [0.15, 0.2) is 5.69 Å². The second-order valence-corrected chi connectivity index (χ2v) is 6.86. The number of hydrogen-bond donors (Lipinski definition) is 0.